The van der Waals surface area contributed by atoms with Crippen molar-refractivity contribution in [2.45, 2.75) is 59.2 Å². The Morgan fingerprint density at radius 3 is 2.50 bits per heavy atom. The molecule has 3 rings (SSSR count). The van der Waals surface area contributed by atoms with Crippen molar-refractivity contribution < 1.29 is 14.3 Å². The van der Waals surface area contributed by atoms with Crippen LogP contribution < -0.4 is 10.1 Å². The second-order valence-electron chi connectivity index (χ2n) is 8.64. The number of nitrogens with one attached hydrogen (secondary N) is 1. The standard InChI is InChI=1S/C28H33BrN2O3/c1-5-20(4)30-28(33)24(6-2)31(17-21-11-9-10-19(3)16-21)26(32)18-34-25-15-14-22-12-7-8-13-23(22)27(25)29/h7-16,20,24H,5-6,17-18H2,1-4H3,(H,30,33)/t20-,24-/m1/s1. The third kappa shape index (κ3) is 6.38. The molecule has 180 valence electrons. The van der Waals surface area contributed by atoms with Crippen LogP contribution in [0.25, 0.3) is 10.8 Å². The van der Waals surface area contributed by atoms with E-state index in [9.17, 15) is 9.59 Å². The number of hydrogen-bond donors (Lipinski definition) is 1. The molecule has 0 radical (unpaired) electrons. The monoisotopic (exact) mass is 524 g/mol. The van der Waals surface area contributed by atoms with Crippen molar-refractivity contribution in [3.05, 3.63) is 76.3 Å². The van der Waals surface area contributed by atoms with Gasteiger partial charge in [0.1, 0.15) is 11.8 Å². The highest BCUT2D eigenvalue weighted by molar-refractivity contribution is 9.10. The van der Waals surface area contributed by atoms with Crippen LogP contribution in [0.3, 0.4) is 0 Å². The molecule has 0 unspecified atom stereocenters. The van der Waals surface area contributed by atoms with Gasteiger partial charge in [0.25, 0.3) is 5.91 Å². The van der Waals surface area contributed by atoms with Gasteiger partial charge in [-0.15, -0.1) is 0 Å². The summed E-state index contributed by atoms with van der Waals surface area (Å²) < 4.78 is 6.77. The van der Waals surface area contributed by atoms with E-state index in [1.807, 2.05) is 88.4 Å². The third-order valence-electron chi connectivity index (χ3n) is 6.00. The zero-order valence-corrected chi connectivity index (χ0v) is 21.9. The zero-order chi connectivity index (χ0) is 24.7. The number of rotatable bonds is 10. The maximum Gasteiger partial charge on any atom is 0.261 e. The molecule has 0 aliphatic rings. The highest BCUT2D eigenvalue weighted by atomic mass is 79.9. The van der Waals surface area contributed by atoms with Gasteiger partial charge in [0.15, 0.2) is 6.61 Å². The van der Waals surface area contributed by atoms with E-state index in [1.54, 1.807) is 4.90 Å². The molecule has 0 saturated heterocycles. The fourth-order valence-corrected chi connectivity index (χ4v) is 4.52. The average molecular weight is 525 g/mol. The Morgan fingerprint density at radius 1 is 1.03 bits per heavy atom. The van der Waals surface area contributed by atoms with Crippen LogP contribution in [0.15, 0.2) is 65.1 Å². The van der Waals surface area contributed by atoms with Crippen molar-refractivity contribution in [3.63, 3.8) is 0 Å². The second kappa shape index (κ2) is 12.0. The molecule has 0 aliphatic heterocycles. The van der Waals surface area contributed by atoms with Gasteiger partial charge in [-0.2, -0.15) is 0 Å². The van der Waals surface area contributed by atoms with Crippen LogP contribution in [0.5, 0.6) is 5.75 Å². The second-order valence-corrected chi connectivity index (χ2v) is 9.43. The van der Waals surface area contributed by atoms with Gasteiger partial charge in [-0.05, 0) is 65.0 Å². The summed E-state index contributed by atoms with van der Waals surface area (Å²) in [7, 11) is 0. The predicted octanol–water partition coefficient (Wildman–Crippen LogP) is 6.01. The van der Waals surface area contributed by atoms with Gasteiger partial charge in [-0.25, -0.2) is 0 Å². The summed E-state index contributed by atoms with van der Waals surface area (Å²) in [5.74, 6) is 0.233. The summed E-state index contributed by atoms with van der Waals surface area (Å²) in [6.45, 7) is 8.13. The first kappa shape index (κ1) is 25.8. The molecule has 0 fully saturated rings. The summed E-state index contributed by atoms with van der Waals surface area (Å²) >= 11 is 3.62. The maximum atomic E-state index is 13.4. The number of halogens is 1. The average Bonchev–Trinajstić information content (AvgIpc) is 2.83. The molecule has 0 aliphatic carbocycles. The molecule has 6 heteroatoms. The summed E-state index contributed by atoms with van der Waals surface area (Å²) in [6, 6.07) is 19.3. The third-order valence-corrected chi connectivity index (χ3v) is 6.82. The van der Waals surface area contributed by atoms with Gasteiger partial charge >= 0.3 is 0 Å². The van der Waals surface area contributed by atoms with E-state index in [0.717, 1.165) is 32.8 Å². The van der Waals surface area contributed by atoms with E-state index >= 15 is 0 Å². The maximum absolute atomic E-state index is 13.4. The first-order valence-electron chi connectivity index (χ1n) is 11.8. The van der Waals surface area contributed by atoms with E-state index in [4.69, 9.17) is 4.74 Å². The van der Waals surface area contributed by atoms with E-state index in [2.05, 4.69) is 21.2 Å². The molecule has 34 heavy (non-hydrogen) atoms. The van der Waals surface area contributed by atoms with Crippen molar-refractivity contribution in [1.29, 1.82) is 0 Å². The lowest BCUT2D eigenvalue weighted by atomic mass is 10.1. The van der Waals surface area contributed by atoms with Gasteiger partial charge < -0.3 is 15.0 Å². The topological polar surface area (TPSA) is 58.6 Å². The number of carbonyl (C=O) groups is 2. The number of carbonyl (C=O) groups excluding carboxylic acids is 2. The smallest absolute Gasteiger partial charge is 0.261 e. The van der Waals surface area contributed by atoms with Crippen molar-refractivity contribution in [2.24, 2.45) is 0 Å². The van der Waals surface area contributed by atoms with Gasteiger partial charge in [0.2, 0.25) is 5.91 Å². The van der Waals surface area contributed by atoms with Gasteiger partial charge in [-0.1, -0.05) is 74.0 Å². The molecule has 0 spiro atoms. The first-order chi connectivity index (χ1) is 16.3. The SMILES string of the molecule is CC[C@@H](C)NC(=O)[C@@H](CC)N(Cc1cccc(C)c1)C(=O)COc1ccc2ccccc2c1Br. The van der Waals surface area contributed by atoms with Crippen LogP contribution in [0.1, 0.15) is 44.7 Å². The summed E-state index contributed by atoms with van der Waals surface area (Å²) in [5, 5.41) is 5.14. The number of nitrogens with zero attached hydrogens (tertiary/aromatic N) is 1. The Kier molecular flexibility index (Phi) is 9.11. The highest BCUT2D eigenvalue weighted by Crippen LogP contribution is 2.33. The van der Waals surface area contributed by atoms with Crippen LogP contribution in [0.4, 0.5) is 0 Å². The van der Waals surface area contributed by atoms with Crippen molar-refractivity contribution >= 4 is 38.5 Å². The van der Waals surface area contributed by atoms with E-state index in [-0.39, 0.29) is 24.5 Å². The molecule has 0 bridgehead atoms. The zero-order valence-electron chi connectivity index (χ0n) is 20.3. The van der Waals surface area contributed by atoms with Gasteiger partial charge in [-0.3, -0.25) is 9.59 Å². The van der Waals surface area contributed by atoms with E-state index in [1.165, 1.54) is 0 Å². The molecule has 1 N–H and O–H groups in total. The lowest BCUT2D eigenvalue weighted by molar-refractivity contribution is -0.143. The lowest BCUT2D eigenvalue weighted by Crippen LogP contribution is -2.51. The fraction of sp³-hybridized carbons (Fsp3) is 0.357. The Labute approximate surface area is 210 Å². The summed E-state index contributed by atoms with van der Waals surface area (Å²) in [6.07, 6.45) is 1.34. The van der Waals surface area contributed by atoms with Crippen molar-refractivity contribution in [2.75, 3.05) is 6.61 Å². The Hall–Kier alpha value is -2.86. The molecular weight excluding hydrogens is 492 g/mol. The number of benzene rings is 3. The van der Waals surface area contributed by atoms with Gasteiger partial charge in [0, 0.05) is 12.6 Å². The number of hydrogen-bond acceptors (Lipinski definition) is 3. The number of fused-ring (bicyclic) bond motifs is 1. The van der Waals surface area contributed by atoms with Crippen LogP contribution in [0, 0.1) is 6.92 Å². The summed E-state index contributed by atoms with van der Waals surface area (Å²) in [4.78, 5) is 28.2. The fourth-order valence-electron chi connectivity index (χ4n) is 3.92. The molecule has 2 amide bonds. The Bertz CT molecular complexity index is 1150. The molecule has 3 aromatic rings. The number of ether oxygens (including phenoxy) is 1. The summed E-state index contributed by atoms with van der Waals surface area (Å²) in [5.41, 5.74) is 2.09. The first-order valence-corrected chi connectivity index (χ1v) is 12.6. The van der Waals surface area contributed by atoms with E-state index < -0.39 is 6.04 Å². The lowest BCUT2D eigenvalue weighted by Gasteiger charge is -2.31. The van der Waals surface area contributed by atoms with Crippen molar-refractivity contribution in [3.8, 4) is 5.75 Å². The Morgan fingerprint density at radius 2 is 1.79 bits per heavy atom. The minimum atomic E-state index is -0.578. The Balaban J connectivity index is 1.83. The molecular formula is C28H33BrN2O3. The molecule has 5 nitrogen and oxygen atoms in total. The van der Waals surface area contributed by atoms with Crippen LogP contribution >= 0.6 is 15.9 Å². The van der Waals surface area contributed by atoms with Crippen molar-refractivity contribution in [1.82, 2.24) is 10.2 Å². The molecule has 0 saturated carbocycles. The minimum Gasteiger partial charge on any atom is -0.483 e. The van der Waals surface area contributed by atoms with Crippen LogP contribution in [-0.4, -0.2) is 35.4 Å². The number of amides is 2. The molecule has 2 atom stereocenters. The van der Waals surface area contributed by atoms with Crippen LogP contribution in [0.2, 0.25) is 0 Å². The van der Waals surface area contributed by atoms with Gasteiger partial charge in [0.05, 0.1) is 4.47 Å². The highest BCUT2D eigenvalue weighted by Gasteiger charge is 2.29. The number of aryl methyl sites for hydroxylation is 1. The molecule has 0 heterocycles. The predicted molar refractivity (Wildman–Crippen MR) is 141 cm³/mol. The largest absolute Gasteiger partial charge is 0.483 e. The van der Waals surface area contributed by atoms with E-state index in [0.29, 0.717) is 18.7 Å². The quantitative estimate of drug-likeness (QED) is 0.353. The van der Waals surface area contributed by atoms with Crippen LogP contribution in [-0.2, 0) is 16.1 Å². The molecule has 3 aromatic carbocycles. The minimum absolute atomic E-state index is 0.0438. The normalized spacial score (nSPS) is 12.7. The molecule has 0 aromatic heterocycles.